The van der Waals surface area contributed by atoms with E-state index in [4.69, 9.17) is 46.8 Å². The topological polar surface area (TPSA) is 27.7 Å². The number of rotatable bonds is 6. The minimum Gasteiger partial charge on any atom is -0.520 e. The first-order valence-electron chi connectivity index (χ1n) is 6.58. The fraction of sp³-hybridized carbons (Fsp3) is 0.500. The van der Waals surface area contributed by atoms with Gasteiger partial charge in [-0.05, 0) is 36.9 Å². The van der Waals surface area contributed by atoms with Crippen LogP contribution in [0, 0.1) is 0 Å². The number of fused-ring (bicyclic) bond motifs is 1. The molecule has 1 unspecified atom stereocenters. The van der Waals surface area contributed by atoms with Crippen LogP contribution in [0.25, 0.3) is 0 Å². The zero-order valence-corrected chi connectivity index (χ0v) is 16.7. The Morgan fingerprint density at radius 1 is 1.38 bits per heavy atom. The molecule has 1 atom stereocenters. The van der Waals surface area contributed by atoms with Gasteiger partial charge < -0.3 is 13.6 Å². The number of benzene rings is 1. The summed E-state index contributed by atoms with van der Waals surface area (Å²) in [4.78, 5) is 0. The van der Waals surface area contributed by atoms with E-state index < -0.39 is 14.6 Å². The van der Waals surface area contributed by atoms with E-state index in [9.17, 15) is 0 Å². The van der Waals surface area contributed by atoms with Crippen LogP contribution in [0.2, 0.25) is 12.6 Å². The molecule has 0 saturated heterocycles. The fourth-order valence-corrected chi connectivity index (χ4v) is 5.57. The van der Waals surface area contributed by atoms with Crippen molar-refractivity contribution < 1.29 is 13.6 Å². The summed E-state index contributed by atoms with van der Waals surface area (Å²) in [6, 6.07) is 3.77. The predicted molar refractivity (Wildman–Crippen MR) is 95.6 cm³/mol. The van der Waals surface area contributed by atoms with Gasteiger partial charge in [-0.1, -0.05) is 0 Å². The summed E-state index contributed by atoms with van der Waals surface area (Å²) in [6.45, 7) is 2.62. The van der Waals surface area contributed by atoms with Gasteiger partial charge in [0.15, 0.2) is 0 Å². The molecule has 0 fully saturated rings. The van der Waals surface area contributed by atoms with Crippen LogP contribution in [0.5, 0.6) is 11.5 Å². The van der Waals surface area contributed by atoms with Gasteiger partial charge in [0.05, 0.1) is 6.61 Å². The molecule has 0 aliphatic carbocycles. The van der Waals surface area contributed by atoms with Gasteiger partial charge in [0.2, 0.25) is 0 Å². The molecule has 1 aromatic carbocycles. The second-order valence-corrected chi connectivity index (χ2v) is 17.8. The molecular weight excluding hydrogens is 387 g/mol. The second-order valence-electron chi connectivity index (χ2n) is 5.03. The van der Waals surface area contributed by atoms with Crippen LogP contribution >= 0.6 is 45.9 Å². The lowest BCUT2D eigenvalue weighted by atomic mass is 10.2. The third-order valence-electron chi connectivity index (χ3n) is 3.08. The lowest BCUT2D eigenvalue weighted by Gasteiger charge is -2.33. The molecule has 9 heteroatoms. The minimum absolute atomic E-state index is 0.132. The predicted octanol–water partition coefficient (Wildman–Crippen LogP) is 4.56. The van der Waals surface area contributed by atoms with E-state index in [1.807, 2.05) is 18.2 Å². The molecule has 1 heterocycles. The Morgan fingerprint density at radius 2 is 2.14 bits per heavy atom. The van der Waals surface area contributed by atoms with Crippen molar-refractivity contribution in [2.24, 2.45) is 0 Å². The van der Waals surface area contributed by atoms with Gasteiger partial charge in [0, 0.05) is 11.6 Å². The van der Waals surface area contributed by atoms with Gasteiger partial charge in [0.25, 0.3) is 0 Å². The molecule has 0 bridgehead atoms. The molecule has 0 N–H and O–H groups in total. The average Bonchev–Trinajstić information content (AvgIpc) is 2.42. The first-order chi connectivity index (χ1) is 9.81. The van der Waals surface area contributed by atoms with Crippen LogP contribution in [-0.4, -0.2) is 26.5 Å². The van der Waals surface area contributed by atoms with Gasteiger partial charge in [-0.15, -0.1) is 33.2 Å². The highest BCUT2D eigenvalue weighted by Crippen LogP contribution is 2.34. The molecule has 1 aliphatic rings. The van der Waals surface area contributed by atoms with Crippen LogP contribution in [0.3, 0.4) is 0 Å². The third-order valence-corrected chi connectivity index (χ3v) is 7.52. The molecule has 1 aliphatic heterocycles. The van der Waals surface area contributed by atoms with Crippen molar-refractivity contribution in [3.05, 3.63) is 23.8 Å². The maximum absolute atomic E-state index is 6.08. The standard InChI is InChI=1S/C12H17Cl3O3SSi2/c1-20(6-2-5-19)17-8-10-7-11(3-4-12(10)18-20)16-9-21(13,14)15/h3-4,7,19H,2,5-6,8-9H2,1H3. The molecule has 0 spiro atoms. The van der Waals surface area contributed by atoms with E-state index in [0.717, 1.165) is 29.5 Å². The van der Waals surface area contributed by atoms with E-state index >= 15 is 0 Å². The molecule has 21 heavy (non-hydrogen) atoms. The van der Waals surface area contributed by atoms with Crippen molar-refractivity contribution in [3.8, 4) is 11.5 Å². The largest absolute Gasteiger partial charge is 0.520 e. The van der Waals surface area contributed by atoms with Crippen LogP contribution in [0.15, 0.2) is 18.2 Å². The van der Waals surface area contributed by atoms with Crippen molar-refractivity contribution in [2.75, 3.05) is 12.0 Å². The Hall–Kier alpha value is 0.434. The van der Waals surface area contributed by atoms with Gasteiger partial charge >= 0.3 is 14.6 Å². The summed E-state index contributed by atoms with van der Waals surface area (Å²) in [5, 5.41) is 0. The lowest BCUT2D eigenvalue weighted by Crippen LogP contribution is -2.44. The van der Waals surface area contributed by atoms with E-state index in [0.29, 0.717) is 12.4 Å². The Bertz CT molecular complexity index is 501. The smallest absolute Gasteiger partial charge is 0.395 e. The first kappa shape index (κ1) is 17.8. The highest BCUT2D eigenvalue weighted by molar-refractivity contribution is 7.80. The summed E-state index contributed by atoms with van der Waals surface area (Å²) in [6.07, 6.45) is 1.13. The summed E-state index contributed by atoms with van der Waals surface area (Å²) in [7, 11) is -2.12. The van der Waals surface area contributed by atoms with Crippen molar-refractivity contribution in [1.82, 2.24) is 0 Å². The maximum atomic E-state index is 6.08. The molecule has 3 nitrogen and oxygen atoms in total. The highest BCUT2D eigenvalue weighted by atomic mass is 35.8. The van der Waals surface area contributed by atoms with Crippen molar-refractivity contribution in [2.45, 2.75) is 25.6 Å². The molecule has 0 amide bonds. The highest BCUT2D eigenvalue weighted by Gasteiger charge is 2.37. The molecule has 0 aromatic heterocycles. The normalized spacial score (nSPS) is 21.6. The summed E-state index contributed by atoms with van der Waals surface area (Å²) >= 11 is 21.7. The van der Waals surface area contributed by atoms with E-state index in [-0.39, 0.29) is 6.23 Å². The average molecular weight is 404 g/mol. The van der Waals surface area contributed by atoms with Gasteiger partial charge in [-0.25, -0.2) is 0 Å². The molecular formula is C12H17Cl3O3SSi2. The number of thiol groups is 1. The summed E-state index contributed by atoms with van der Waals surface area (Å²) in [5.74, 6) is 2.38. The van der Waals surface area contributed by atoms with Crippen LogP contribution in [0.1, 0.15) is 12.0 Å². The number of hydrogen-bond acceptors (Lipinski definition) is 4. The van der Waals surface area contributed by atoms with Gasteiger partial charge in [0.1, 0.15) is 17.7 Å². The summed E-state index contributed by atoms with van der Waals surface area (Å²) in [5.41, 5.74) is 0.967. The Balaban J connectivity index is 2.03. The van der Waals surface area contributed by atoms with Gasteiger partial charge in [-0.2, -0.15) is 12.6 Å². The molecule has 2 rings (SSSR count). The first-order valence-corrected chi connectivity index (χ1v) is 15.0. The fourth-order valence-electron chi connectivity index (χ4n) is 2.04. The number of halogens is 3. The zero-order chi connectivity index (χ0) is 15.5. The molecule has 1 aromatic rings. The van der Waals surface area contributed by atoms with Crippen LogP contribution < -0.4 is 9.16 Å². The quantitative estimate of drug-likeness (QED) is 0.428. The number of hydrogen-bond donors (Lipinski definition) is 1. The summed E-state index contributed by atoms with van der Waals surface area (Å²) < 4.78 is 17.5. The van der Waals surface area contributed by atoms with Gasteiger partial charge in [-0.3, -0.25) is 0 Å². The third kappa shape index (κ3) is 5.53. The van der Waals surface area contributed by atoms with Crippen molar-refractivity contribution in [1.29, 1.82) is 0 Å². The van der Waals surface area contributed by atoms with Crippen molar-refractivity contribution in [3.63, 3.8) is 0 Å². The second kappa shape index (κ2) is 7.34. The molecule has 0 radical (unpaired) electrons. The number of ether oxygens (including phenoxy) is 1. The molecule has 118 valence electrons. The SMILES string of the molecule is C[Si]1(CCCS)OCc2cc(OC[Si](Cl)(Cl)Cl)ccc2O1. The van der Waals surface area contributed by atoms with E-state index in [1.165, 1.54) is 0 Å². The zero-order valence-electron chi connectivity index (χ0n) is 11.6. The van der Waals surface area contributed by atoms with E-state index in [1.54, 1.807) is 0 Å². The molecule has 0 saturated carbocycles. The van der Waals surface area contributed by atoms with Crippen molar-refractivity contribution >= 4 is 60.4 Å². The Kier molecular flexibility index (Phi) is 6.21. The minimum atomic E-state index is -2.78. The van der Waals surface area contributed by atoms with E-state index in [2.05, 4.69) is 19.2 Å². The Morgan fingerprint density at radius 3 is 2.81 bits per heavy atom. The monoisotopic (exact) mass is 402 g/mol. The lowest BCUT2D eigenvalue weighted by molar-refractivity contribution is 0.204. The Labute approximate surface area is 146 Å². The van der Waals surface area contributed by atoms with Crippen LogP contribution in [0.4, 0.5) is 0 Å². The van der Waals surface area contributed by atoms with Crippen LogP contribution in [-0.2, 0) is 11.0 Å². The maximum Gasteiger partial charge on any atom is 0.395 e.